The Morgan fingerprint density at radius 3 is 2.38 bits per heavy atom. The molecule has 2 amide bonds. The lowest BCUT2D eigenvalue weighted by Crippen LogP contribution is -2.38. The number of aryl methyl sites for hydroxylation is 1. The summed E-state index contributed by atoms with van der Waals surface area (Å²) in [5.41, 5.74) is 1.92. The molecule has 2 aliphatic carbocycles. The Kier molecular flexibility index (Phi) is 3.48. The molecule has 2 bridgehead atoms. The number of likely N-dealkylation sites (tertiary alicyclic amines) is 1. The monoisotopic (exact) mass is 327 g/mol. The molecule has 3 aliphatic rings. The minimum absolute atomic E-state index is 0.171. The highest BCUT2D eigenvalue weighted by Gasteiger charge is 2.61. The van der Waals surface area contributed by atoms with Crippen LogP contribution < -0.4 is 4.74 Å². The van der Waals surface area contributed by atoms with Crippen LogP contribution in [0.5, 0.6) is 5.75 Å². The predicted octanol–water partition coefficient (Wildman–Crippen LogP) is 2.24. The first kappa shape index (κ1) is 15.4. The molecule has 24 heavy (non-hydrogen) atoms. The Morgan fingerprint density at radius 1 is 1.12 bits per heavy atom. The molecular weight excluding hydrogens is 306 g/mol. The van der Waals surface area contributed by atoms with Crippen molar-refractivity contribution in [3.8, 4) is 5.75 Å². The van der Waals surface area contributed by atoms with Crippen LogP contribution in [0.4, 0.5) is 0 Å². The average Bonchev–Trinajstić information content (AvgIpc) is 3.22. The molecule has 0 N–H and O–H groups in total. The molecule has 1 aliphatic heterocycles. The smallest absolute Gasteiger partial charge is 0.331 e. The van der Waals surface area contributed by atoms with E-state index >= 15 is 0 Å². The molecular formula is C19H21NO4. The molecule has 1 saturated heterocycles. The van der Waals surface area contributed by atoms with Gasteiger partial charge in [-0.15, -0.1) is 0 Å². The fraction of sp³-hybridized carbons (Fsp3) is 0.526. The van der Waals surface area contributed by atoms with Crippen molar-refractivity contribution >= 4 is 17.8 Å². The van der Waals surface area contributed by atoms with Crippen molar-refractivity contribution in [1.29, 1.82) is 0 Å². The van der Waals surface area contributed by atoms with Gasteiger partial charge < -0.3 is 4.74 Å². The maximum absolute atomic E-state index is 12.6. The molecule has 0 radical (unpaired) electrons. The third-order valence-corrected chi connectivity index (χ3v) is 6.08. The van der Waals surface area contributed by atoms with E-state index in [9.17, 15) is 14.4 Å². The summed E-state index contributed by atoms with van der Waals surface area (Å²) in [7, 11) is 0. The van der Waals surface area contributed by atoms with Gasteiger partial charge in [0.1, 0.15) is 12.3 Å². The summed E-state index contributed by atoms with van der Waals surface area (Å²) in [5.74, 6) is -0.134. The minimum atomic E-state index is -0.558. The Hall–Kier alpha value is -2.17. The summed E-state index contributed by atoms with van der Waals surface area (Å²) < 4.78 is 5.39. The Labute approximate surface area is 141 Å². The van der Waals surface area contributed by atoms with Crippen LogP contribution >= 0.6 is 0 Å². The maximum atomic E-state index is 12.6. The summed E-state index contributed by atoms with van der Waals surface area (Å²) in [5, 5.41) is 0. The largest absolute Gasteiger partial charge is 0.425 e. The Morgan fingerprint density at radius 2 is 1.75 bits per heavy atom. The van der Waals surface area contributed by atoms with E-state index < -0.39 is 5.97 Å². The lowest BCUT2D eigenvalue weighted by atomic mass is 9.81. The molecule has 3 fully saturated rings. The summed E-state index contributed by atoms with van der Waals surface area (Å²) in [4.78, 5) is 38.6. The quantitative estimate of drug-likeness (QED) is 0.485. The number of fused-ring (bicyclic) bond motifs is 5. The van der Waals surface area contributed by atoms with Crippen LogP contribution in [0.1, 0.15) is 30.4 Å². The molecule has 0 unspecified atom stereocenters. The second kappa shape index (κ2) is 5.43. The van der Waals surface area contributed by atoms with E-state index in [1.807, 2.05) is 26.0 Å². The van der Waals surface area contributed by atoms with Crippen molar-refractivity contribution in [3.05, 3.63) is 29.3 Å². The van der Waals surface area contributed by atoms with Gasteiger partial charge in [-0.25, -0.2) is 4.79 Å². The summed E-state index contributed by atoms with van der Waals surface area (Å²) in [6.07, 6.45) is 3.06. The predicted molar refractivity (Wildman–Crippen MR) is 86.1 cm³/mol. The molecule has 1 aromatic rings. The molecule has 0 aromatic heterocycles. The van der Waals surface area contributed by atoms with Crippen molar-refractivity contribution in [2.24, 2.45) is 23.7 Å². The van der Waals surface area contributed by atoms with E-state index in [0.29, 0.717) is 17.6 Å². The second-order valence-corrected chi connectivity index (χ2v) is 7.32. The van der Waals surface area contributed by atoms with Crippen LogP contribution in [0.25, 0.3) is 0 Å². The first-order valence-corrected chi connectivity index (χ1v) is 8.59. The molecule has 126 valence electrons. The molecule has 1 aromatic carbocycles. The summed E-state index contributed by atoms with van der Waals surface area (Å²) >= 11 is 0. The van der Waals surface area contributed by atoms with Crippen molar-refractivity contribution in [1.82, 2.24) is 4.90 Å². The van der Waals surface area contributed by atoms with Gasteiger partial charge >= 0.3 is 5.97 Å². The van der Waals surface area contributed by atoms with E-state index in [2.05, 4.69) is 0 Å². The van der Waals surface area contributed by atoms with Crippen molar-refractivity contribution in [3.63, 3.8) is 0 Å². The maximum Gasteiger partial charge on any atom is 0.331 e. The van der Waals surface area contributed by atoms with Crippen LogP contribution in [0.2, 0.25) is 0 Å². The van der Waals surface area contributed by atoms with Gasteiger partial charge in [-0.05, 0) is 62.1 Å². The van der Waals surface area contributed by atoms with Crippen LogP contribution in [0.3, 0.4) is 0 Å². The fourth-order valence-corrected chi connectivity index (χ4v) is 4.75. The van der Waals surface area contributed by atoms with Gasteiger partial charge in [-0.3, -0.25) is 14.5 Å². The molecule has 5 nitrogen and oxygen atoms in total. The first-order chi connectivity index (χ1) is 11.5. The van der Waals surface area contributed by atoms with E-state index in [0.717, 1.165) is 35.3 Å². The molecule has 4 atom stereocenters. The number of carbonyl (C=O) groups is 3. The zero-order chi connectivity index (χ0) is 17.0. The average molecular weight is 327 g/mol. The van der Waals surface area contributed by atoms with Crippen LogP contribution in [-0.2, 0) is 14.4 Å². The molecule has 4 rings (SSSR count). The van der Waals surface area contributed by atoms with E-state index in [4.69, 9.17) is 4.74 Å². The normalized spacial score (nSPS) is 30.8. The SMILES string of the molecule is Cc1cccc(OC(=O)CN2C(=O)[C@@H]3[C@H]4CC[C@@H](C4)[C@@H]3C2=O)c1C. The highest BCUT2D eigenvalue weighted by Crippen LogP contribution is 2.56. The zero-order valence-corrected chi connectivity index (χ0v) is 14.0. The lowest BCUT2D eigenvalue weighted by Gasteiger charge is -2.19. The number of esters is 1. The van der Waals surface area contributed by atoms with E-state index in [1.165, 1.54) is 0 Å². The lowest BCUT2D eigenvalue weighted by molar-refractivity contribution is -0.148. The first-order valence-electron chi connectivity index (χ1n) is 8.59. The number of rotatable bonds is 3. The van der Waals surface area contributed by atoms with Crippen LogP contribution in [0, 0.1) is 37.5 Å². The number of carbonyl (C=O) groups excluding carboxylic acids is 3. The molecule has 1 heterocycles. The number of amides is 2. The fourth-order valence-electron chi connectivity index (χ4n) is 4.75. The van der Waals surface area contributed by atoms with Gasteiger partial charge in [-0.2, -0.15) is 0 Å². The van der Waals surface area contributed by atoms with Crippen molar-refractivity contribution in [2.75, 3.05) is 6.54 Å². The van der Waals surface area contributed by atoms with E-state index in [1.54, 1.807) is 6.07 Å². The molecule has 5 heteroatoms. The van der Waals surface area contributed by atoms with Crippen molar-refractivity contribution in [2.45, 2.75) is 33.1 Å². The standard InChI is InChI=1S/C19H21NO4/c1-10-4-3-5-14(11(10)2)24-15(21)9-20-18(22)16-12-6-7-13(8-12)17(16)19(20)23/h3-5,12-13,16-17H,6-9H2,1-2H3/t12-,13-,16-,17+/m0/s1. The van der Waals surface area contributed by atoms with Gasteiger partial charge in [0.25, 0.3) is 0 Å². The highest BCUT2D eigenvalue weighted by molar-refractivity contribution is 6.07. The van der Waals surface area contributed by atoms with Crippen molar-refractivity contribution < 1.29 is 19.1 Å². The summed E-state index contributed by atoms with van der Waals surface area (Å²) in [6, 6.07) is 5.49. The second-order valence-electron chi connectivity index (χ2n) is 7.32. The third-order valence-electron chi connectivity index (χ3n) is 6.08. The van der Waals surface area contributed by atoms with Gasteiger partial charge in [0.2, 0.25) is 11.8 Å². The number of benzene rings is 1. The Balaban J connectivity index is 1.47. The third kappa shape index (κ3) is 2.18. The van der Waals surface area contributed by atoms with Gasteiger partial charge in [0, 0.05) is 0 Å². The zero-order valence-electron chi connectivity index (χ0n) is 14.0. The van der Waals surface area contributed by atoms with Crippen LogP contribution in [-0.4, -0.2) is 29.2 Å². The van der Waals surface area contributed by atoms with Gasteiger partial charge in [0.05, 0.1) is 11.8 Å². The minimum Gasteiger partial charge on any atom is -0.425 e. The summed E-state index contributed by atoms with van der Waals surface area (Å²) in [6.45, 7) is 3.54. The van der Waals surface area contributed by atoms with E-state index in [-0.39, 0.29) is 30.2 Å². The number of hydrogen-bond donors (Lipinski definition) is 0. The number of imide groups is 1. The molecule has 0 spiro atoms. The van der Waals surface area contributed by atoms with Gasteiger partial charge in [0.15, 0.2) is 0 Å². The number of ether oxygens (including phenoxy) is 1. The van der Waals surface area contributed by atoms with Crippen LogP contribution in [0.15, 0.2) is 18.2 Å². The topological polar surface area (TPSA) is 63.7 Å². The van der Waals surface area contributed by atoms with Gasteiger partial charge in [-0.1, -0.05) is 12.1 Å². The highest BCUT2D eigenvalue weighted by atomic mass is 16.5. The molecule has 2 saturated carbocycles. The number of hydrogen-bond acceptors (Lipinski definition) is 4. The Bertz CT molecular complexity index is 713. The number of nitrogens with zero attached hydrogens (tertiary/aromatic N) is 1.